The van der Waals surface area contributed by atoms with E-state index in [1.54, 1.807) is 12.3 Å². The zero-order valence-electron chi connectivity index (χ0n) is 11.4. The van der Waals surface area contributed by atoms with Gasteiger partial charge in [-0.25, -0.2) is 4.39 Å². The maximum atomic E-state index is 13.4. The molecule has 1 aromatic carbocycles. The molecule has 0 aliphatic rings. The van der Waals surface area contributed by atoms with E-state index in [0.29, 0.717) is 5.58 Å². The molecule has 0 fully saturated rings. The largest absolute Gasteiger partial charge is 0.467 e. The maximum absolute atomic E-state index is 13.4. The quantitative estimate of drug-likeness (QED) is 0.775. The van der Waals surface area contributed by atoms with E-state index in [4.69, 9.17) is 8.83 Å². The lowest BCUT2D eigenvalue weighted by molar-refractivity contribution is 0.402. The molecule has 3 aromatic rings. The van der Waals surface area contributed by atoms with Gasteiger partial charge in [0.15, 0.2) is 0 Å². The molecule has 0 radical (unpaired) electrons. The summed E-state index contributed by atoms with van der Waals surface area (Å²) >= 11 is 0. The number of nitrogens with one attached hydrogen (secondary N) is 1. The van der Waals surface area contributed by atoms with Gasteiger partial charge in [0, 0.05) is 10.9 Å². The molecule has 1 N–H and O–H groups in total. The van der Waals surface area contributed by atoms with Gasteiger partial charge < -0.3 is 14.2 Å². The fourth-order valence-corrected chi connectivity index (χ4v) is 2.47. The SMILES string of the molecule is CCNC(c1ccco1)c1oc2ccc(F)cc2c1C. The van der Waals surface area contributed by atoms with Gasteiger partial charge in [-0.1, -0.05) is 6.92 Å². The van der Waals surface area contributed by atoms with Crippen molar-refractivity contribution in [2.75, 3.05) is 6.54 Å². The minimum absolute atomic E-state index is 0.162. The number of hydrogen-bond acceptors (Lipinski definition) is 3. The van der Waals surface area contributed by atoms with Crippen molar-refractivity contribution >= 4 is 11.0 Å². The highest BCUT2D eigenvalue weighted by Crippen LogP contribution is 2.33. The number of furan rings is 2. The molecule has 3 rings (SSSR count). The van der Waals surface area contributed by atoms with Crippen LogP contribution in [-0.4, -0.2) is 6.54 Å². The maximum Gasteiger partial charge on any atom is 0.134 e. The van der Waals surface area contributed by atoms with Crippen LogP contribution in [0.4, 0.5) is 4.39 Å². The number of benzene rings is 1. The first kappa shape index (κ1) is 12.9. The van der Waals surface area contributed by atoms with Crippen LogP contribution in [0.5, 0.6) is 0 Å². The highest BCUT2D eigenvalue weighted by Gasteiger charge is 2.23. The van der Waals surface area contributed by atoms with Gasteiger partial charge in [0.25, 0.3) is 0 Å². The Morgan fingerprint density at radius 3 is 2.85 bits per heavy atom. The van der Waals surface area contributed by atoms with Crippen molar-refractivity contribution in [1.29, 1.82) is 0 Å². The molecule has 2 heterocycles. The molecule has 3 nitrogen and oxygen atoms in total. The van der Waals surface area contributed by atoms with Crippen molar-refractivity contribution in [3.63, 3.8) is 0 Å². The molecule has 0 spiro atoms. The van der Waals surface area contributed by atoms with Gasteiger partial charge in [0.2, 0.25) is 0 Å². The van der Waals surface area contributed by atoms with Crippen LogP contribution in [0.3, 0.4) is 0 Å². The Kier molecular flexibility index (Phi) is 3.32. The predicted molar refractivity (Wildman–Crippen MR) is 75.1 cm³/mol. The third-order valence-electron chi connectivity index (χ3n) is 3.43. The first-order valence-electron chi connectivity index (χ1n) is 6.66. The lowest BCUT2D eigenvalue weighted by Crippen LogP contribution is -2.21. The fourth-order valence-electron chi connectivity index (χ4n) is 2.47. The Labute approximate surface area is 116 Å². The summed E-state index contributed by atoms with van der Waals surface area (Å²) in [4.78, 5) is 0. The zero-order chi connectivity index (χ0) is 14.1. The van der Waals surface area contributed by atoms with Gasteiger partial charge in [-0.3, -0.25) is 0 Å². The van der Waals surface area contributed by atoms with Gasteiger partial charge >= 0.3 is 0 Å². The number of aryl methyl sites for hydroxylation is 1. The summed E-state index contributed by atoms with van der Waals surface area (Å²) in [5.74, 6) is 1.29. The number of rotatable bonds is 4. The van der Waals surface area contributed by atoms with Crippen molar-refractivity contribution in [2.45, 2.75) is 19.9 Å². The first-order chi connectivity index (χ1) is 9.70. The van der Waals surface area contributed by atoms with Gasteiger partial charge in [-0.05, 0) is 43.8 Å². The average Bonchev–Trinajstić information content (AvgIpc) is 3.06. The molecule has 1 unspecified atom stereocenters. The van der Waals surface area contributed by atoms with Crippen LogP contribution in [0.1, 0.15) is 30.0 Å². The summed E-state index contributed by atoms with van der Waals surface area (Å²) in [5, 5.41) is 4.14. The average molecular weight is 273 g/mol. The van der Waals surface area contributed by atoms with Crippen LogP contribution >= 0.6 is 0 Å². The van der Waals surface area contributed by atoms with Crippen molar-refractivity contribution in [3.8, 4) is 0 Å². The second kappa shape index (κ2) is 5.13. The van der Waals surface area contributed by atoms with Gasteiger partial charge in [0.05, 0.1) is 6.26 Å². The normalized spacial score (nSPS) is 12.9. The van der Waals surface area contributed by atoms with E-state index in [2.05, 4.69) is 5.32 Å². The van der Waals surface area contributed by atoms with E-state index in [-0.39, 0.29) is 11.9 Å². The monoisotopic (exact) mass is 273 g/mol. The molecule has 0 saturated heterocycles. The third kappa shape index (κ3) is 2.12. The Bertz CT molecular complexity index is 715. The summed E-state index contributed by atoms with van der Waals surface area (Å²) in [7, 11) is 0. The number of fused-ring (bicyclic) bond motifs is 1. The minimum Gasteiger partial charge on any atom is -0.467 e. The lowest BCUT2D eigenvalue weighted by atomic mass is 10.1. The number of hydrogen-bond donors (Lipinski definition) is 1. The van der Waals surface area contributed by atoms with Crippen LogP contribution in [-0.2, 0) is 0 Å². The summed E-state index contributed by atoms with van der Waals surface area (Å²) in [6.45, 7) is 4.73. The highest BCUT2D eigenvalue weighted by atomic mass is 19.1. The Morgan fingerprint density at radius 1 is 1.30 bits per heavy atom. The summed E-state index contributed by atoms with van der Waals surface area (Å²) in [6, 6.07) is 8.16. The summed E-state index contributed by atoms with van der Waals surface area (Å²) in [6.07, 6.45) is 1.64. The Hall–Kier alpha value is -2.07. The van der Waals surface area contributed by atoms with E-state index in [1.807, 2.05) is 26.0 Å². The molecule has 2 aromatic heterocycles. The molecule has 1 atom stereocenters. The van der Waals surface area contributed by atoms with Crippen molar-refractivity contribution in [1.82, 2.24) is 5.32 Å². The smallest absolute Gasteiger partial charge is 0.134 e. The second-order valence-corrected chi connectivity index (χ2v) is 4.74. The van der Waals surface area contributed by atoms with Gasteiger partial charge in [0.1, 0.15) is 29.0 Å². The van der Waals surface area contributed by atoms with Crippen LogP contribution in [0, 0.1) is 12.7 Å². The van der Waals surface area contributed by atoms with Gasteiger partial charge in [-0.2, -0.15) is 0 Å². The van der Waals surface area contributed by atoms with E-state index in [9.17, 15) is 4.39 Å². The van der Waals surface area contributed by atoms with E-state index in [1.165, 1.54) is 12.1 Å². The summed E-state index contributed by atoms with van der Waals surface area (Å²) in [5.41, 5.74) is 1.62. The summed E-state index contributed by atoms with van der Waals surface area (Å²) < 4.78 is 24.8. The Morgan fingerprint density at radius 2 is 2.15 bits per heavy atom. The van der Waals surface area contributed by atoms with Crippen LogP contribution in [0.2, 0.25) is 0 Å². The van der Waals surface area contributed by atoms with Crippen LogP contribution in [0.25, 0.3) is 11.0 Å². The molecule has 0 bridgehead atoms. The lowest BCUT2D eigenvalue weighted by Gasteiger charge is -2.13. The minimum atomic E-state index is -0.258. The standard InChI is InChI=1S/C16H16FNO2/c1-3-18-15(14-5-4-8-19-14)16-10(2)12-9-11(17)6-7-13(12)20-16/h4-9,15,18H,3H2,1-2H3. The second-order valence-electron chi connectivity index (χ2n) is 4.74. The van der Waals surface area contributed by atoms with Crippen LogP contribution < -0.4 is 5.32 Å². The van der Waals surface area contributed by atoms with E-state index < -0.39 is 0 Å². The molecule has 0 aliphatic carbocycles. The van der Waals surface area contributed by atoms with Gasteiger partial charge in [-0.15, -0.1) is 0 Å². The van der Waals surface area contributed by atoms with E-state index >= 15 is 0 Å². The molecule has 4 heteroatoms. The van der Waals surface area contributed by atoms with Crippen molar-refractivity contribution < 1.29 is 13.2 Å². The predicted octanol–water partition coefficient (Wildman–Crippen LogP) is 4.17. The third-order valence-corrected chi connectivity index (χ3v) is 3.43. The first-order valence-corrected chi connectivity index (χ1v) is 6.66. The van der Waals surface area contributed by atoms with Crippen molar-refractivity contribution in [2.24, 2.45) is 0 Å². The molecule has 20 heavy (non-hydrogen) atoms. The molecular formula is C16H16FNO2. The topological polar surface area (TPSA) is 38.3 Å². The molecule has 0 saturated carbocycles. The zero-order valence-corrected chi connectivity index (χ0v) is 11.4. The molecular weight excluding hydrogens is 257 g/mol. The van der Waals surface area contributed by atoms with Crippen molar-refractivity contribution in [3.05, 3.63) is 59.5 Å². The Balaban J connectivity index is 2.13. The number of halogens is 1. The fraction of sp³-hybridized carbons (Fsp3) is 0.250. The van der Waals surface area contributed by atoms with Crippen LogP contribution in [0.15, 0.2) is 45.4 Å². The highest BCUT2D eigenvalue weighted by molar-refractivity contribution is 5.82. The molecule has 0 amide bonds. The van der Waals surface area contributed by atoms with E-state index in [0.717, 1.165) is 29.0 Å². The molecule has 0 aliphatic heterocycles. The molecule has 104 valence electrons.